The number of nitrogens with one attached hydrogen (secondary N) is 2. The Labute approximate surface area is 162 Å². The minimum Gasteiger partial charge on any atom is -0.382 e. The first-order chi connectivity index (χ1) is 12.5. The van der Waals surface area contributed by atoms with E-state index < -0.39 is 0 Å². The van der Waals surface area contributed by atoms with Gasteiger partial charge in [-0.1, -0.05) is 27.2 Å². The van der Waals surface area contributed by atoms with E-state index in [1.54, 1.807) is 0 Å². The average Bonchev–Trinajstić information content (AvgIpc) is 2.58. The van der Waals surface area contributed by atoms with E-state index in [-0.39, 0.29) is 17.2 Å². The van der Waals surface area contributed by atoms with Crippen molar-refractivity contribution in [3.8, 4) is 0 Å². The van der Waals surface area contributed by atoms with E-state index in [0.29, 0.717) is 37.9 Å². The topological polar surface area (TPSA) is 76.1 Å². The molecule has 0 aliphatic heterocycles. The molecule has 0 saturated heterocycles. The second-order valence-corrected chi connectivity index (χ2v) is 7.12. The number of unbranched alkanes of at least 4 members (excludes halogenated alkanes) is 1. The molecule has 7 heteroatoms. The number of aromatic nitrogens is 2. The number of hydrogen-bond donors (Lipinski definition) is 2. The molecule has 1 aromatic heterocycles. The number of anilines is 1. The van der Waals surface area contributed by atoms with E-state index in [1.165, 1.54) is 0 Å². The van der Waals surface area contributed by atoms with Crippen molar-refractivity contribution < 1.29 is 9.53 Å². The lowest BCUT2D eigenvalue weighted by molar-refractivity contribution is -0.122. The van der Waals surface area contributed by atoms with Crippen LogP contribution in [-0.2, 0) is 16.0 Å². The van der Waals surface area contributed by atoms with Crippen molar-refractivity contribution >= 4 is 23.3 Å². The molecule has 6 nitrogen and oxygen atoms in total. The van der Waals surface area contributed by atoms with Gasteiger partial charge in [0, 0.05) is 31.5 Å². The Kier molecular flexibility index (Phi) is 11.2. The van der Waals surface area contributed by atoms with Gasteiger partial charge in [0.1, 0.15) is 11.9 Å². The normalized spacial score (nSPS) is 12.2. The molecule has 0 saturated carbocycles. The van der Waals surface area contributed by atoms with Gasteiger partial charge in [-0.05, 0) is 50.1 Å². The Balaban J connectivity index is 2.71. The highest BCUT2D eigenvalue weighted by atomic mass is 35.5. The van der Waals surface area contributed by atoms with Crippen LogP contribution in [0.1, 0.15) is 59.1 Å². The quantitative estimate of drug-likeness (QED) is 0.399. The van der Waals surface area contributed by atoms with Crippen molar-refractivity contribution in [3.63, 3.8) is 0 Å². The maximum atomic E-state index is 12.6. The molecule has 0 fully saturated rings. The van der Waals surface area contributed by atoms with Crippen molar-refractivity contribution in [2.45, 2.75) is 65.8 Å². The summed E-state index contributed by atoms with van der Waals surface area (Å²) in [5, 5.41) is 6.42. The molecule has 26 heavy (non-hydrogen) atoms. The van der Waals surface area contributed by atoms with Crippen LogP contribution in [-0.4, -0.2) is 41.7 Å². The molecule has 148 valence electrons. The predicted molar refractivity (Wildman–Crippen MR) is 107 cm³/mol. The number of aryl methyl sites for hydroxylation is 1. The third-order valence-corrected chi connectivity index (χ3v) is 4.02. The Morgan fingerprint density at radius 3 is 2.69 bits per heavy atom. The third-order valence-electron chi connectivity index (χ3n) is 3.85. The van der Waals surface area contributed by atoms with Crippen molar-refractivity contribution in [2.75, 3.05) is 25.1 Å². The molecular formula is C19H33ClN4O2. The predicted octanol–water partition coefficient (Wildman–Crippen LogP) is 3.84. The van der Waals surface area contributed by atoms with E-state index in [0.717, 1.165) is 31.4 Å². The number of nitrogens with zero attached hydrogens (tertiary/aromatic N) is 2. The first kappa shape index (κ1) is 22.6. The Hall–Kier alpha value is -1.40. The molecule has 1 rings (SSSR count). The summed E-state index contributed by atoms with van der Waals surface area (Å²) in [5.41, 5.74) is 0.898. The molecule has 0 radical (unpaired) electrons. The second-order valence-electron chi connectivity index (χ2n) is 6.79. The van der Waals surface area contributed by atoms with Crippen LogP contribution >= 0.6 is 11.6 Å². The summed E-state index contributed by atoms with van der Waals surface area (Å²) in [6, 6.07) is 1.53. The molecule has 0 bridgehead atoms. The zero-order valence-corrected chi connectivity index (χ0v) is 17.2. The fourth-order valence-electron chi connectivity index (χ4n) is 2.56. The Morgan fingerprint density at radius 1 is 1.27 bits per heavy atom. The summed E-state index contributed by atoms with van der Waals surface area (Å²) >= 11 is 6.05. The molecule has 1 atom stereocenters. The highest BCUT2D eigenvalue weighted by Gasteiger charge is 2.20. The standard InChI is InChI=1S/C19H33ClN4O2/c1-5-7-9-15-13-17(24-19(20)22-15)23-16(12-14(3)4)18(25)21-10-8-11-26-6-2/h13-14,16H,5-12H2,1-4H3,(H,21,25)(H,22,23,24)/t16-/m0/s1. The van der Waals surface area contributed by atoms with Crippen molar-refractivity contribution in [1.29, 1.82) is 0 Å². The SMILES string of the molecule is CCCCc1cc(N[C@@H](CC(C)C)C(=O)NCCCOCC)nc(Cl)n1. The van der Waals surface area contributed by atoms with Crippen LogP contribution < -0.4 is 10.6 Å². The molecule has 0 unspecified atom stereocenters. The molecule has 0 aromatic carbocycles. The van der Waals surface area contributed by atoms with E-state index in [9.17, 15) is 4.79 Å². The van der Waals surface area contributed by atoms with Crippen LogP contribution in [0.2, 0.25) is 5.28 Å². The summed E-state index contributed by atoms with van der Waals surface area (Å²) in [6.45, 7) is 10.2. The summed E-state index contributed by atoms with van der Waals surface area (Å²) in [5.74, 6) is 0.949. The summed E-state index contributed by atoms with van der Waals surface area (Å²) < 4.78 is 5.30. The molecule has 2 N–H and O–H groups in total. The van der Waals surface area contributed by atoms with Crippen molar-refractivity contribution in [3.05, 3.63) is 17.0 Å². The van der Waals surface area contributed by atoms with Gasteiger partial charge in [-0.25, -0.2) is 9.97 Å². The van der Waals surface area contributed by atoms with Gasteiger partial charge in [0.15, 0.2) is 0 Å². The summed E-state index contributed by atoms with van der Waals surface area (Å²) in [4.78, 5) is 21.1. The van der Waals surface area contributed by atoms with Crippen LogP contribution in [0, 0.1) is 5.92 Å². The number of amides is 1. The molecule has 1 aromatic rings. The Morgan fingerprint density at radius 2 is 2.04 bits per heavy atom. The number of rotatable bonds is 13. The maximum absolute atomic E-state index is 12.6. The smallest absolute Gasteiger partial charge is 0.242 e. The molecule has 0 spiro atoms. The summed E-state index contributed by atoms with van der Waals surface area (Å²) in [6.07, 6.45) is 4.50. The van der Waals surface area contributed by atoms with Crippen molar-refractivity contribution in [2.24, 2.45) is 5.92 Å². The average molecular weight is 385 g/mol. The zero-order valence-electron chi connectivity index (χ0n) is 16.5. The molecule has 0 aliphatic carbocycles. The van der Waals surface area contributed by atoms with Gasteiger partial charge in [0.2, 0.25) is 11.2 Å². The first-order valence-electron chi connectivity index (χ1n) is 9.61. The van der Waals surface area contributed by atoms with Crippen LogP contribution in [0.4, 0.5) is 5.82 Å². The van der Waals surface area contributed by atoms with Gasteiger partial charge in [0.05, 0.1) is 0 Å². The molecular weight excluding hydrogens is 352 g/mol. The largest absolute Gasteiger partial charge is 0.382 e. The molecule has 1 amide bonds. The second kappa shape index (κ2) is 12.9. The van der Waals surface area contributed by atoms with Crippen LogP contribution in [0.3, 0.4) is 0 Å². The van der Waals surface area contributed by atoms with Crippen LogP contribution in [0.25, 0.3) is 0 Å². The van der Waals surface area contributed by atoms with E-state index in [4.69, 9.17) is 16.3 Å². The number of carbonyl (C=O) groups excluding carboxylic acids is 1. The van der Waals surface area contributed by atoms with E-state index in [2.05, 4.69) is 41.4 Å². The van der Waals surface area contributed by atoms with Crippen LogP contribution in [0.15, 0.2) is 6.07 Å². The zero-order chi connectivity index (χ0) is 19.4. The fourth-order valence-corrected chi connectivity index (χ4v) is 2.76. The minimum atomic E-state index is -0.355. The van der Waals surface area contributed by atoms with Gasteiger partial charge in [-0.15, -0.1) is 0 Å². The minimum absolute atomic E-state index is 0.0277. The van der Waals surface area contributed by atoms with Gasteiger partial charge < -0.3 is 15.4 Å². The number of hydrogen-bond acceptors (Lipinski definition) is 5. The lowest BCUT2D eigenvalue weighted by Crippen LogP contribution is -2.41. The van der Waals surface area contributed by atoms with Gasteiger partial charge in [-0.3, -0.25) is 4.79 Å². The van der Waals surface area contributed by atoms with Gasteiger partial charge in [-0.2, -0.15) is 0 Å². The first-order valence-corrected chi connectivity index (χ1v) is 9.99. The van der Waals surface area contributed by atoms with Gasteiger partial charge in [0.25, 0.3) is 0 Å². The van der Waals surface area contributed by atoms with Gasteiger partial charge >= 0.3 is 0 Å². The van der Waals surface area contributed by atoms with E-state index >= 15 is 0 Å². The number of ether oxygens (including phenoxy) is 1. The monoisotopic (exact) mass is 384 g/mol. The Bertz CT molecular complexity index is 540. The fraction of sp³-hybridized carbons (Fsp3) is 0.737. The summed E-state index contributed by atoms with van der Waals surface area (Å²) in [7, 11) is 0. The maximum Gasteiger partial charge on any atom is 0.242 e. The third kappa shape index (κ3) is 9.34. The highest BCUT2D eigenvalue weighted by molar-refractivity contribution is 6.28. The molecule has 0 aliphatic rings. The number of carbonyl (C=O) groups is 1. The number of halogens is 1. The van der Waals surface area contributed by atoms with E-state index in [1.807, 2.05) is 13.0 Å². The lowest BCUT2D eigenvalue weighted by atomic mass is 10.0. The van der Waals surface area contributed by atoms with Crippen LogP contribution in [0.5, 0.6) is 0 Å². The lowest BCUT2D eigenvalue weighted by Gasteiger charge is -2.21. The van der Waals surface area contributed by atoms with Crippen molar-refractivity contribution in [1.82, 2.24) is 15.3 Å². The highest BCUT2D eigenvalue weighted by Crippen LogP contribution is 2.16. The molecule has 1 heterocycles.